The van der Waals surface area contributed by atoms with Crippen LogP contribution in [0.2, 0.25) is 0 Å². The highest BCUT2D eigenvalue weighted by Crippen LogP contribution is 2.30. The minimum atomic E-state index is -0.902. The van der Waals surface area contributed by atoms with Crippen LogP contribution >= 0.6 is 0 Å². The Morgan fingerprint density at radius 1 is 1.13 bits per heavy atom. The van der Waals surface area contributed by atoms with Crippen LogP contribution in [0.25, 0.3) is 23.3 Å². The highest BCUT2D eigenvalue weighted by Gasteiger charge is 2.30. The number of carboxylic acids is 1. The fraction of sp³-hybridized carbons (Fsp3) is 0.290. The Balaban J connectivity index is 1.68. The summed E-state index contributed by atoms with van der Waals surface area (Å²) in [6.07, 6.45) is 3.95. The van der Waals surface area contributed by atoms with Crippen LogP contribution in [-0.2, 0) is 20.8 Å². The fourth-order valence-corrected chi connectivity index (χ4v) is 4.56. The first-order chi connectivity index (χ1) is 18.5. The number of carbonyl (C=O) groups is 1. The van der Waals surface area contributed by atoms with Gasteiger partial charge in [0.2, 0.25) is 0 Å². The number of aryl methyl sites for hydroxylation is 1. The van der Waals surface area contributed by atoms with E-state index in [9.17, 15) is 15.2 Å². The van der Waals surface area contributed by atoms with Gasteiger partial charge in [-0.05, 0) is 41.3 Å². The number of nitriles is 1. The van der Waals surface area contributed by atoms with Crippen molar-refractivity contribution in [2.75, 3.05) is 40.1 Å². The van der Waals surface area contributed by atoms with E-state index < -0.39 is 12.0 Å². The summed E-state index contributed by atoms with van der Waals surface area (Å²) in [4.78, 5) is 13.7. The van der Waals surface area contributed by atoms with Crippen molar-refractivity contribution in [2.24, 2.45) is 0 Å². The predicted molar refractivity (Wildman–Crippen MR) is 147 cm³/mol. The number of benzene rings is 3. The molecule has 38 heavy (non-hydrogen) atoms. The average molecular weight is 513 g/mol. The molecule has 1 aliphatic rings. The summed E-state index contributed by atoms with van der Waals surface area (Å²) in [6, 6.07) is 21.4. The molecular weight excluding hydrogens is 480 g/mol. The number of morpholine rings is 1. The SMILES string of the molecule is COCCOc1cc(C)c(/C=C/c2cccc(-c3ccccc3)c2C#N)cc1CN1CCOC[C@H]1C(=O)O. The Bertz CT molecular complexity index is 1330. The molecule has 0 amide bonds. The van der Waals surface area contributed by atoms with Gasteiger partial charge in [-0.1, -0.05) is 60.7 Å². The van der Waals surface area contributed by atoms with Crippen molar-refractivity contribution >= 4 is 18.1 Å². The maximum atomic E-state index is 11.8. The molecular formula is C31H32N2O5. The van der Waals surface area contributed by atoms with Crippen molar-refractivity contribution in [2.45, 2.75) is 19.5 Å². The molecule has 0 aromatic heterocycles. The predicted octanol–water partition coefficient (Wildman–Crippen LogP) is 5.01. The number of carboxylic acid groups (broad SMARTS) is 1. The van der Waals surface area contributed by atoms with E-state index >= 15 is 0 Å². The quantitative estimate of drug-likeness (QED) is 0.301. The highest BCUT2D eigenvalue weighted by molar-refractivity contribution is 5.81. The number of rotatable bonds is 10. The van der Waals surface area contributed by atoms with E-state index in [2.05, 4.69) is 6.07 Å². The van der Waals surface area contributed by atoms with Crippen LogP contribution in [0.4, 0.5) is 0 Å². The lowest BCUT2D eigenvalue weighted by Crippen LogP contribution is -2.49. The van der Waals surface area contributed by atoms with Crippen molar-refractivity contribution in [1.82, 2.24) is 4.90 Å². The summed E-state index contributed by atoms with van der Waals surface area (Å²) in [5.41, 5.74) is 6.19. The number of nitrogens with zero attached hydrogens (tertiary/aromatic N) is 2. The molecule has 0 aliphatic carbocycles. The zero-order chi connectivity index (χ0) is 26.9. The zero-order valence-electron chi connectivity index (χ0n) is 21.7. The zero-order valence-corrected chi connectivity index (χ0v) is 21.7. The molecule has 1 aliphatic heterocycles. The van der Waals surface area contributed by atoms with E-state index in [1.54, 1.807) is 7.11 Å². The molecule has 1 fully saturated rings. The van der Waals surface area contributed by atoms with Crippen LogP contribution in [0.5, 0.6) is 5.75 Å². The third-order valence-corrected chi connectivity index (χ3v) is 6.63. The first-order valence-electron chi connectivity index (χ1n) is 12.6. The van der Waals surface area contributed by atoms with Crippen LogP contribution in [0.15, 0.2) is 60.7 Å². The van der Waals surface area contributed by atoms with Crippen molar-refractivity contribution in [3.8, 4) is 22.9 Å². The first-order valence-corrected chi connectivity index (χ1v) is 12.6. The summed E-state index contributed by atoms with van der Waals surface area (Å²) in [7, 11) is 1.62. The van der Waals surface area contributed by atoms with Gasteiger partial charge in [0.1, 0.15) is 24.5 Å². The Morgan fingerprint density at radius 3 is 2.66 bits per heavy atom. The monoisotopic (exact) mass is 512 g/mol. The molecule has 1 N–H and O–H groups in total. The number of ether oxygens (including phenoxy) is 3. The maximum Gasteiger partial charge on any atom is 0.323 e. The molecule has 7 nitrogen and oxygen atoms in total. The topological polar surface area (TPSA) is 92.0 Å². The lowest BCUT2D eigenvalue weighted by molar-refractivity contribution is -0.150. The van der Waals surface area contributed by atoms with Gasteiger partial charge in [0.25, 0.3) is 0 Å². The molecule has 3 aromatic rings. The van der Waals surface area contributed by atoms with Crippen molar-refractivity contribution in [3.63, 3.8) is 0 Å². The second kappa shape index (κ2) is 13.0. The van der Waals surface area contributed by atoms with E-state index in [0.29, 0.717) is 44.2 Å². The van der Waals surface area contributed by atoms with Crippen LogP contribution in [0.1, 0.15) is 27.8 Å². The molecule has 0 unspecified atom stereocenters. The average Bonchev–Trinajstić information content (AvgIpc) is 2.94. The minimum absolute atomic E-state index is 0.155. The van der Waals surface area contributed by atoms with Crippen LogP contribution in [0, 0.1) is 18.3 Å². The van der Waals surface area contributed by atoms with Gasteiger partial charge < -0.3 is 19.3 Å². The second-order valence-electron chi connectivity index (χ2n) is 9.14. The lowest BCUT2D eigenvalue weighted by Gasteiger charge is -2.33. The Hall–Kier alpha value is -3.96. The third-order valence-electron chi connectivity index (χ3n) is 6.63. The summed E-state index contributed by atoms with van der Waals surface area (Å²) in [5.74, 6) is -0.197. The molecule has 1 atom stereocenters. The maximum absolute atomic E-state index is 11.8. The summed E-state index contributed by atoms with van der Waals surface area (Å²) in [5, 5.41) is 19.7. The highest BCUT2D eigenvalue weighted by atomic mass is 16.5. The first kappa shape index (κ1) is 27.1. The van der Waals surface area contributed by atoms with Gasteiger partial charge in [-0.25, -0.2) is 0 Å². The number of aliphatic carboxylic acids is 1. The van der Waals surface area contributed by atoms with Gasteiger partial charge in [0.05, 0.1) is 25.4 Å². The van der Waals surface area contributed by atoms with Crippen molar-refractivity contribution < 1.29 is 24.1 Å². The Morgan fingerprint density at radius 2 is 1.92 bits per heavy atom. The molecule has 196 valence electrons. The second-order valence-corrected chi connectivity index (χ2v) is 9.14. The van der Waals surface area contributed by atoms with Crippen molar-refractivity contribution in [3.05, 3.63) is 88.5 Å². The van der Waals surface area contributed by atoms with E-state index in [0.717, 1.165) is 33.4 Å². The van der Waals surface area contributed by atoms with Crippen LogP contribution in [0.3, 0.4) is 0 Å². The van der Waals surface area contributed by atoms with E-state index in [1.807, 2.05) is 84.6 Å². The summed E-state index contributed by atoms with van der Waals surface area (Å²) >= 11 is 0. The summed E-state index contributed by atoms with van der Waals surface area (Å²) in [6.45, 7) is 4.42. The molecule has 3 aromatic carbocycles. The number of hydrogen-bond donors (Lipinski definition) is 1. The molecule has 0 bridgehead atoms. The van der Waals surface area contributed by atoms with Gasteiger partial charge in [-0.2, -0.15) is 5.26 Å². The Kier molecular flexibility index (Phi) is 9.28. The molecule has 0 saturated carbocycles. The molecule has 1 heterocycles. The third kappa shape index (κ3) is 6.48. The molecule has 0 spiro atoms. The van der Waals surface area contributed by atoms with Crippen LogP contribution in [-0.4, -0.2) is 62.1 Å². The largest absolute Gasteiger partial charge is 0.491 e. The molecule has 4 rings (SSSR count). The van der Waals surface area contributed by atoms with Gasteiger partial charge in [0, 0.05) is 31.3 Å². The van der Waals surface area contributed by atoms with Crippen LogP contribution < -0.4 is 4.74 Å². The molecule has 7 heteroatoms. The Labute approximate surface area is 223 Å². The minimum Gasteiger partial charge on any atom is -0.491 e. The fourth-order valence-electron chi connectivity index (χ4n) is 4.56. The van der Waals surface area contributed by atoms with Gasteiger partial charge >= 0.3 is 5.97 Å². The smallest absolute Gasteiger partial charge is 0.323 e. The number of methoxy groups -OCH3 is 1. The van der Waals surface area contributed by atoms with Crippen molar-refractivity contribution in [1.29, 1.82) is 5.26 Å². The number of hydrogen-bond acceptors (Lipinski definition) is 6. The van der Waals surface area contributed by atoms with Gasteiger partial charge in [0.15, 0.2) is 0 Å². The van der Waals surface area contributed by atoms with Gasteiger partial charge in [-0.15, -0.1) is 0 Å². The lowest BCUT2D eigenvalue weighted by atomic mass is 9.95. The molecule has 0 radical (unpaired) electrons. The van der Waals surface area contributed by atoms with E-state index in [-0.39, 0.29) is 6.61 Å². The standard InChI is InChI=1S/C31H32N2O5/c1-22-17-30(38-16-15-36-2)26(20-33-13-14-37-21-29(33)31(34)35)18-25(22)12-11-24-9-6-10-27(28(24)19-32)23-7-4-3-5-8-23/h3-12,17-18,29H,13-16,20-21H2,1-2H3,(H,34,35)/b12-11+/t29-/m0/s1. The van der Waals surface area contributed by atoms with Gasteiger partial charge in [-0.3, -0.25) is 9.69 Å². The summed E-state index contributed by atoms with van der Waals surface area (Å²) < 4.78 is 16.6. The normalized spacial score (nSPS) is 15.9. The van der Waals surface area contributed by atoms with E-state index in [1.165, 1.54) is 0 Å². The molecule has 1 saturated heterocycles. The van der Waals surface area contributed by atoms with E-state index in [4.69, 9.17) is 14.2 Å².